The normalized spacial score (nSPS) is 32.5. The van der Waals surface area contributed by atoms with E-state index in [9.17, 15) is 14.7 Å². The number of hydrogen-bond donors (Lipinski definition) is 2. The molecule has 0 aromatic heterocycles. The Kier molecular flexibility index (Phi) is 8.57. The third kappa shape index (κ3) is 5.78. The molecule has 1 aromatic carbocycles. The highest BCUT2D eigenvalue weighted by atomic mass is 16.5. The summed E-state index contributed by atoms with van der Waals surface area (Å²) in [5.74, 6) is -0.0178. The number of nitrogens with zero attached hydrogens (tertiary/aromatic N) is 1. The number of carbonyl (C=O) groups excluding carboxylic acids is 2. The van der Waals surface area contributed by atoms with E-state index in [2.05, 4.69) is 19.2 Å². The van der Waals surface area contributed by atoms with E-state index >= 15 is 0 Å². The minimum absolute atomic E-state index is 0.00485. The van der Waals surface area contributed by atoms with Crippen molar-refractivity contribution in [3.63, 3.8) is 0 Å². The van der Waals surface area contributed by atoms with Crippen LogP contribution in [-0.4, -0.2) is 54.7 Å². The standard InChI is InChI=1S/C27H42N2O4/c1-18(26(32)29(4)17-20-9-7-6-8-10-20)21-11-14-27(3)15-12-22(19(2)24(27)25(21)31)28-23(30)13-16-33-5/h6-10,18-19,21-22,24-25,31H,11-17H2,1-5H3,(H,28,30)/t18-,19-,21+,22-,24+,25-,27+/m0/s1. The van der Waals surface area contributed by atoms with Gasteiger partial charge in [-0.2, -0.15) is 0 Å². The topological polar surface area (TPSA) is 78.9 Å². The Morgan fingerprint density at radius 3 is 2.58 bits per heavy atom. The lowest BCUT2D eigenvalue weighted by atomic mass is 9.51. The van der Waals surface area contributed by atoms with Gasteiger partial charge in [0.25, 0.3) is 0 Å². The molecule has 2 aliphatic carbocycles. The van der Waals surface area contributed by atoms with Crippen LogP contribution in [-0.2, 0) is 20.9 Å². The highest BCUT2D eigenvalue weighted by Gasteiger charge is 2.54. The van der Waals surface area contributed by atoms with Gasteiger partial charge in [-0.05, 0) is 54.4 Å². The summed E-state index contributed by atoms with van der Waals surface area (Å²) in [6, 6.07) is 10.0. The molecular weight excluding hydrogens is 416 g/mol. The number of fused-ring (bicyclic) bond motifs is 1. The van der Waals surface area contributed by atoms with E-state index in [0.29, 0.717) is 19.6 Å². The van der Waals surface area contributed by atoms with E-state index in [1.807, 2.05) is 44.3 Å². The van der Waals surface area contributed by atoms with Gasteiger partial charge in [0.05, 0.1) is 12.7 Å². The van der Waals surface area contributed by atoms with Gasteiger partial charge >= 0.3 is 0 Å². The molecule has 0 unspecified atom stereocenters. The lowest BCUT2D eigenvalue weighted by molar-refractivity contribution is -0.150. The third-order valence-electron chi connectivity index (χ3n) is 8.44. The summed E-state index contributed by atoms with van der Waals surface area (Å²) >= 11 is 0. The van der Waals surface area contributed by atoms with Crippen LogP contribution < -0.4 is 5.32 Å². The van der Waals surface area contributed by atoms with Crippen molar-refractivity contribution < 1.29 is 19.4 Å². The molecule has 2 amide bonds. The Morgan fingerprint density at radius 2 is 1.91 bits per heavy atom. The number of methoxy groups -OCH3 is 1. The summed E-state index contributed by atoms with van der Waals surface area (Å²) < 4.78 is 5.03. The summed E-state index contributed by atoms with van der Waals surface area (Å²) in [6.45, 7) is 7.39. The second kappa shape index (κ2) is 11.0. The predicted octanol–water partition coefficient (Wildman–Crippen LogP) is 3.63. The van der Waals surface area contributed by atoms with Crippen LogP contribution in [0.3, 0.4) is 0 Å². The minimum atomic E-state index is -0.554. The molecule has 184 valence electrons. The van der Waals surface area contributed by atoms with Gasteiger partial charge in [-0.1, -0.05) is 51.1 Å². The molecule has 2 N–H and O–H groups in total. The summed E-state index contributed by atoms with van der Waals surface area (Å²) in [5.41, 5.74) is 1.15. The first-order valence-electron chi connectivity index (χ1n) is 12.4. The van der Waals surface area contributed by atoms with Gasteiger partial charge in [-0.3, -0.25) is 9.59 Å². The molecule has 1 aromatic rings. The van der Waals surface area contributed by atoms with Crippen LogP contribution >= 0.6 is 0 Å². The fraction of sp³-hybridized carbons (Fsp3) is 0.704. The summed E-state index contributed by atoms with van der Waals surface area (Å²) in [6.07, 6.45) is 3.58. The minimum Gasteiger partial charge on any atom is -0.392 e. The van der Waals surface area contributed by atoms with Crippen molar-refractivity contribution in [1.29, 1.82) is 0 Å². The highest BCUT2D eigenvalue weighted by Crippen LogP contribution is 2.55. The fourth-order valence-corrected chi connectivity index (χ4v) is 6.44. The molecule has 6 heteroatoms. The molecule has 0 aliphatic heterocycles. The number of amides is 2. The number of nitrogens with one attached hydrogen (secondary N) is 1. The zero-order valence-corrected chi connectivity index (χ0v) is 20.9. The van der Waals surface area contributed by atoms with Crippen molar-refractivity contribution in [2.45, 2.75) is 71.6 Å². The molecule has 2 saturated carbocycles. The van der Waals surface area contributed by atoms with E-state index in [1.54, 1.807) is 12.0 Å². The van der Waals surface area contributed by atoms with Crippen molar-refractivity contribution in [1.82, 2.24) is 10.2 Å². The second-order valence-electron chi connectivity index (χ2n) is 10.7. The first-order valence-corrected chi connectivity index (χ1v) is 12.4. The maximum Gasteiger partial charge on any atom is 0.225 e. The molecule has 2 aliphatic rings. The van der Waals surface area contributed by atoms with E-state index in [-0.39, 0.29) is 46.9 Å². The first-order chi connectivity index (χ1) is 15.7. The fourth-order valence-electron chi connectivity index (χ4n) is 6.44. The van der Waals surface area contributed by atoms with Gasteiger partial charge in [0, 0.05) is 39.1 Å². The summed E-state index contributed by atoms with van der Waals surface area (Å²) in [4.78, 5) is 27.4. The monoisotopic (exact) mass is 458 g/mol. The number of benzene rings is 1. The molecule has 2 fully saturated rings. The largest absolute Gasteiger partial charge is 0.392 e. The zero-order chi connectivity index (χ0) is 24.2. The molecule has 6 nitrogen and oxygen atoms in total. The van der Waals surface area contributed by atoms with Crippen LogP contribution in [0.1, 0.15) is 58.4 Å². The van der Waals surface area contributed by atoms with Crippen LogP contribution in [0.2, 0.25) is 0 Å². The van der Waals surface area contributed by atoms with Crippen LogP contribution in [0.25, 0.3) is 0 Å². The summed E-state index contributed by atoms with van der Waals surface area (Å²) in [7, 11) is 3.44. The quantitative estimate of drug-likeness (QED) is 0.624. The van der Waals surface area contributed by atoms with Crippen molar-refractivity contribution in [3.05, 3.63) is 35.9 Å². The van der Waals surface area contributed by atoms with Gasteiger partial charge in [0.1, 0.15) is 0 Å². The number of aliphatic hydroxyl groups excluding tert-OH is 1. The Hall–Kier alpha value is -1.92. The smallest absolute Gasteiger partial charge is 0.225 e. The number of ether oxygens (including phenoxy) is 1. The van der Waals surface area contributed by atoms with Crippen LogP contribution in [0.5, 0.6) is 0 Å². The van der Waals surface area contributed by atoms with Crippen molar-refractivity contribution in [3.8, 4) is 0 Å². The average Bonchev–Trinajstić information content (AvgIpc) is 2.79. The van der Waals surface area contributed by atoms with E-state index in [0.717, 1.165) is 31.2 Å². The van der Waals surface area contributed by atoms with Crippen molar-refractivity contribution in [2.75, 3.05) is 20.8 Å². The molecule has 3 rings (SSSR count). The molecule has 0 saturated heterocycles. The zero-order valence-electron chi connectivity index (χ0n) is 20.9. The van der Waals surface area contributed by atoms with Crippen LogP contribution in [0.15, 0.2) is 30.3 Å². The Balaban J connectivity index is 1.68. The van der Waals surface area contributed by atoms with E-state index < -0.39 is 6.10 Å². The molecule has 33 heavy (non-hydrogen) atoms. The van der Waals surface area contributed by atoms with Gasteiger partial charge in [-0.25, -0.2) is 0 Å². The molecule has 7 atom stereocenters. The maximum absolute atomic E-state index is 13.3. The number of carbonyl (C=O) groups is 2. The lowest BCUT2D eigenvalue weighted by Crippen LogP contribution is -2.58. The van der Waals surface area contributed by atoms with Crippen molar-refractivity contribution in [2.24, 2.45) is 29.1 Å². The molecule has 0 heterocycles. The summed E-state index contributed by atoms with van der Waals surface area (Å²) in [5, 5.41) is 14.8. The van der Waals surface area contributed by atoms with Gasteiger partial charge in [0.15, 0.2) is 0 Å². The molecule has 0 bridgehead atoms. The number of aliphatic hydroxyl groups is 1. The molecule has 0 radical (unpaired) electrons. The average molecular weight is 459 g/mol. The van der Waals surface area contributed by atoms with Crippen molar-refractivity contribution >= 4 is 11.8 Å². The first kappa shape index (κ1) is 25.7. The lowest BCUT2D eigenvalue weighted by Gasteiger charge is -2.56. The van der Waals surface area contributed by atoms with Gasteiger partial charge in [0.2, 0.25) is 11.8 Å². The Bertz CT molecular complexity index is 801. The Labute approximate surface area is 199 Å². The van der Waals surface area contributed by atoms with Gasteiger partial charge < -0.3 is 20.1 Å². The second-order valence-corrected chi connectivity index (χ2v) is 10.7. The van der Waals surface area contributed by atoms with E-state index in [1.165, 1.54) is 0 Å². The number of rotatable bonds is 8. The molecule has 0 spiro atoms. The molecular formula is C27H42N2O4. The Morgan fingerprint density at radius 1 is 1.24 bits per heavy atom. The predicted molar refractivity (Wildman–Crippen MR) is 129 cm³/mol. The van der Waals surface area contributed by atoms with Crippen LogP contribution in [0, 0.1) is 29.1 Å². The van der Waals surface area contributed by atoms with E-state index in [4.69, 9.17) is 4.74 Å². The number of hydrogen-bond acceptors (Lipinski definition) is 4. The maximum atomic E-state index is 13.3. The highest BCUT2D eigenvalue weighted by molar-refractivity contribution is 5.78. The SMILES string of the molecule is COCCC(=O)N[C@H]1CC[C@@]2(C)CC[C@H]([C@H](C)C(=O)N(C)Cc3ccccc3)[C@H](O)[C@H]2[C@H]1C. The van der Waals surface area contributed by atoms with Crippen LogP contribution in [0.4, 0.5) is 0 Å². The van der Waals surface area contributed by atoms with Gasteiger partial charge in [-0.15, -0.1) is 0 Å². The third-order valence-corrected chi connectivity index (χ3v) is 8.44.